The molecule has 0 saturated carbocycles. The van der Waals surface area contributed by atoms with Gasteiger partial charge in [0.2, 0.25) is 5.91 Å². The number of anilines is 1. The van der Waals surface area contributed by atoms with Crippen molar-refractivity contribution in [2.45, 2.75) is 25.9 Å². The molecule has 2 fully saturated rings. The lowest BCUT2D eigenvalue weighted by Gasteiger charge is -2.37. The van der Waals surface area contributed by atoms with Gasteiger partial charge in [-0.1, -0.05) is 36.4 Å². The number of hydrogen-bond acceptors (Lipinski definition) is 4. The van der Waals surface area contributed by atoms with E-state index >= 15 is 0 Å². The van der Waals surface area contributed by atoms with Crippen LogP contribution in [0.15, 0.2) is 48.7 Å². The maximum Gasteiger partial charge on any atom is 0.240 e. The minimum absolute atomic E-state index is 0.0480. The summed E-state index contributed by atoms with van der Waals surface area (Å²) in [6.45, 7) is 7.34. The largest absolute Gasteiger partial charge is 0.354 e. The number of benzene rings is 1. The summed E-state index contributed by atoms with van der Waals surface area (Å²) in [5, 5.41) is 0. The highest BCUT2D eigenvalue weighted by atomic mass is 16.2. The topological polar surface area (TPSA) is 39.7 Å². The van der Waals surface area contributed by atoms with E-state index in [9.17, 15) is 4.79 Å². The van der Waals surface area contributed by atoms with Crippen LogP contribution in [0.2, 0.25) is 0 Å². The van der Waals surface area contributed by atoms with Crippen molar-refractivity contribution in [2.75, 3.05) is 37.6 Å². The number of pyridine rings is 1. The van der Waals surface area contributed by atoms with E-state index in [4.69, 9.17) is 0 Å². The molecule has 5 heteroatoms. The lowest BCUT2D eigenvalue weighted by Crippen LogP contribution is -2.52. The van der Waals surface area contributed by atoms with Crippen molar-refractivity contribution in [3.05, 3.63) is 59.8 Å². The molecule has 0 radical (unpaired) electrons. The molecule has 136 valence electrons. The molecule has 0 N–H and O–H groups in total. The fraction of sp³-hybridized carbons (Fsp3) is 0.429. The second kappa shape index (κ2) is 7.46. The predicted molar refractivity (Wildman–Crippen MR) is 103 cm³/mol. The third-order valence-corrected chi connectivity index (χ3v) is 5.46. The van der Waals surface area contributed by atoms with Crippen molar-refractivity contribution < 1.29 is 4.79 Å². The van der Waals surface area contributed by atoms with Gasteiger partial charge in [0.25, 0.3) is 0 Å². The number of aryl methyl sites for hydroxylation is 1. The highest BCUT2D eigenvalue weighted by Gasteiger charge is 2.37. The number of piperazine rings is 1. The van der Waals surface area contributed by atoms with Crippen LogP contribution in [0, 0.1) is 6.92 Å². The molecule has 1 aromatic heterocycles. The molecule has 0 spiro atoms. The molecule has 1 amide bonds. The Kier molecular flexibility index (Phi) is 4.89. The van der Waals surface area contributed by atoms with Crippen molar-refractivity contribution >= 4 is 11.7 Å². The minimum atomic E-state index is 0.0480. The van der Waals surface area contributed by atoms with Crippen LogP contribution in [0.3, 0.4) is 0 Å². The summed E-state index contributed by atoms with van der Waals surface area (Å²) in [6.07, 6.45) is 2.86. The third kappa shape index (κ3) is 3.58. The van der Waals surface area contributed by atoms with Gasteiger partial charge in [-0.05, 0) is 30.5 Å². The van der Waals surface area contributed by atoms with Crippen LogP contribution in [-0.4, -0.2) is 59.5 Å². The van der Waals surface area contributed by atoms with E-state index in [0.717, 1.165) is 51.5 Å². The predicted octanol–water partition coefficient (Wildman–Crippen LogP) is 2.31. The van der Waals surface area contributed by atoms with Gasteiger partial charge in [0.05, 0.1) is 6.04 Å². The zero-order chi connectivity index (χ0) is 17.9. The summed E-state index contributed by atoms with van der Waals surface area (Å²) >= 11 is 0. The Hall–Kier alpha value is -2.40. The molecule has 2 saturated heterocycles. The Morgan fingerprint density at radius 3 is 2.46 bits per heavy atom. The Balaban J connectivity index is 1.33. The van der Waals surface area contributed by atoms with Gasteiger partial charge >= 0.3 is 0 Å². The number of amides is 1. The van der Waals surface area contributed by atoms with Crippen LogP contribution >= 0.6 is 0 Å². The monoisotopic (exact) mass is 350 g/mol. The van der Waals surface area contributed by atoms with Crippen molar-refractivity contribution in [1.29, 1.82) is 0 Å². The zero-order valence-electron chi connectivity index (χ0n) is 15.3. The number of hydrogen-bond donors (Lipinski definition) is 0. The highest BCUT2D eigenvalue weighted by Crippen LogP contribution is 2.22. The molecule has 2 aliphatic heterocycles. The maximum atomic E-state index is 12.9. The molecule has 0 aliphatic carbocycles. The van der Waals surface area contributed by atoms with Gasteiger partial charge in [0.1, 0.15) is 5.82 Å². The van der Waals surface area contributed by atoms with Gasteiger partial charge in [-0.2, -0.15) is 0 Å². The molecular weight excluding hydrogens is 324 g/mol. The number of carbonyl (C=O) groups is 1. The third-order valence-electron chi connectivity index (χ3n) is 5.46. The Labute approximate surface area is 155 Å². The minimum Gasteiger partial charge on any atom is -0.354 e. The van der Waals surface area contributed by atoms with E-state index in [1.165, 1.54) is 11.1 Å². The first kappa shape index (κ1) is 17.0. The number of likely N-dealkylation sites (tertiary alicyclic amines) is 1. The smallest absolute Gasteiger partial charge is 0.240 e. The molecule has 3 heterocycles. The quantitative estimate of drug-likeness (QED) is 0.848. The van der Waals surface area contributed by atoms with E-state index in [1.54, 1.807) is 0 Å². The molecule has 1 aromatic carbocycles. The van der Waals surface area contributed by atoms with Crippen LogP contribution in [0.4, 0.5) is 5.82 Å². The number of aromatic nitrogens is 1. The summed E-state index contributed by atoms with van der Waals surface area (Å²) < 4.78 is 0. The fourth-order valence-corrected chi connectivity index (χ4v) is 3.93. The van der Waals surface area contributed by atoms with E-state index in [0.29, 0.717) is 0 Å². The van der Waals surface area contributed by atoms with Gasteiger partial charge in [-0.15, -0.1) is 0 Å². The molecule has 4 rings (SSSR count). The summed E-state index contributed by atoms with van der Waals surface area (Å²) in [4.78, 5) is 24.1. The number of rotatable bonds is 4. The SMILES string of the molecule is Cc1ccc(N2CCN(C3CCN(Cc4ccccc4)C3=O)CC2)nc1. The first-order valence-electron chi connectivity index (χ1n) is 9.45. The molecule has 1 unspecified atom stereocenters. The Morgan fingerprint density at radius 1 is 1.00 bits per heavy atom. The molecule has 5 nitrogen and oxygen atoms in total. The van der Waals surface area contributed by atoms with Gasteiger partial charge < -0.3 is 9.80 Å². The summed E-state index contributed by atoms with van der Waals surface area (Å²) in [6, 6.07) is 14.5. The van der Waals surface area contributed by atoms with E-state index in [1.807, 2.05) is 29.3 Å². The van der Waals surface area contributed by atoms with Crippen LogP contribution < -0.4 is 4.90 Å². The van der Waals surface area contributed by atoms with Crippen LogP contribution in [0.5, 0.6) is 0 Å². The van der Waals surface area contributed by atoms with Crippen LogP contribution in [0.1, 0.15) is 17.5 Å². The second-order valence-corrected chi connectivity index (χ2v) is 7.27. The van der Waals surface area contributed by atoms with Crippen LogP contribution in [-0.2, 0) is 11.3 Å². The molecule has 2 aromatic rings. The van der Waals surface area contributed by atoms with Crippen molar-refractivity contribution in [3.8, 4) is 0 Å². The van der Waals surface area contributed by atoms with E-state index in [2.05, 4.69) is 46.0 Å². The van der Waals surface area contributed by atoms with E-state index < -0.39 is 0 Å². The average molecular weight is 350 g/mol. The fourth-order valence-electron chi connectivity index (χ4n) is 3.93. The highest BCUT2D eigenvalue weighted by molar-refractivity contribution is 5.84. The maximum absolute atomic E-state index is 12.9. The van der Waals surface area contributed by atoms with Crippen molar-refractivity contribution in [2.24, 2.45) is 0 Å². The normalized spacial score (nSPS) is 21.4. The zero-order valence-corrected chi connectivity index (χ0v) is 15.3. The average Bonchev–Trinajstić information content (AvgIpc) is 3.04. The first-order chi connectivity index (χ1) is 12.7. The second-order valence-electron chi connectivity index (χ2n) is 7.27. The first-order valence-corrected chi connectivity index (χ1v) is 9.45. The van der Waals surface area contributed by atoms with Crippen molar-refractivity contribution in [1.82, 2.24) is 14.8 Å². The summed E-state index contributed by atoms with van der Waals surface area (Å²) in [7, 11) is 0. The molecule has 1 atom stereocenters. The lowest BCUT2D eigenvalue weighted by molar-refractivity contribution is -0.132. The van der Waals surface area contributed by atoms with Crippen LogP contribution in [0.25, 0.3) is 0 Å². The summed E-state index contributed by atoms with van der Waals surface area (Å²) in [5.74, 6) is 1.33. The van der Waals surface area contributed by atoms with Gasteiger partial charge in [0.15, 0.2) is 0 Å². The molecule has 26 heavy (non-hydrogen) atoms. The Bertz CT molecular complexity index is 738. The standard InChI is InChI=1S/C21H26N4O/c1-17-7-8-20(22-15-17)24-13-11-23(12-14-24)19-9-10-25(21(19)26)16-18-5-3-2-4-6-18/h2-8,15,19H,9-14,16H2,1H3. The Morgan fingerprint density at radius 2 is 1.77 bits per heavy atom. The van der Waals surface area contributed by atoms with Gasteiger partial charge in [-0.3, -0.25) is 9.69 Å². The van der Waals surface area contributed by atoms with Gasteiger partial charge in [-0.25, -0.2) is 4.98 Å². The molecule has 2 aliphatic rings. The summed E-state index contributed by atoms with van der Waals surface area (Å²) in [5.41, 5.74) is 2.39. The van der Waals surface area contributed by atoms with Crippen molar-refractivity contribution in [3.63, 3.8) is 0 Å². The number of carbonyl (C=O) groups excluding carboxylic acids is 1. The molecule has 0 bridgehead atoms. The molecular formula is C21H26N4O. The van der Waals surface area contributed by atoms with Gasteiger partial charge in [0, 0.05) is 45.5 Å². The van der Waals surface area contributed by atoms with E-state index in [-0.39, 0.29) is 11.9 Å². The lowest BCUT2D eigenvalue weighted by atomic mass is 10.1. The number of nitrogens with zero attached hydrogens (tertiary/aromatic N) is 4.